The Hall–Kier alpha value is -8.57. The minimum atomic E-state index is -1.60. The highest BCUT2D eigenvalue weighted by Crippen LogP contribution is 2.69. The summed E-state index contributed by atoms with van der Waals surface area (Å²) >= 11 is 0. The van der Waals surface area contributed by atoms with Crippen LogP contribution in [0.2, 0.25) is 0 Å². The maximum Gasteiger partial charge on any atom is 0.0540 e. The van der Waals surface area contributed by atoms with E-state index in [0.717, 1.165) is 56.9 Å². The maximum absolute atomic E-state index is 2.55. The van der Waals surface area contributed by atoms with Gasteiger partial charge in [-0.05, 0) is 142 Å². The van der Waals surface area contributed by atoms with Crippen molar-refractivity contribution in [3.63, 3.8) is 0 Å². The highest BCUT2D eigenvalue weighted by molar-refractivity contribution is 8.33. The van der Waals surface area contributed by atoms with Gasteiger partial charge < -0.3 is 14.7 Å². The summed E-state index contributed by atoms with van der Waals surface area (Å²) in [6.07, 6.45) is 2.55. The minimum Gasteiger partial charge on any atom is -0.310 e. The second-order valence-electron chi connectivity index (χ2n) is 18.6. The summed E-state index contributed by atoms with van der Waals surface area (Å²) in [6, 6.07) is 96.3. The van der Waals surface area contributed by atoms with E-state index in [2.05, 4.69) is 289 Å². The van der Waals surface area contributed by atoms with Crippen LogP contribution in [0.5, 0.6) is 0 Å². The van der Waals surface area contributed by atoms with Crippen molar-refractivity contribution in [2.24, 2.45) is 0 Å². The molecule has 4 heteroatoms. The summed E-state index contributed by atoms with van der Waals surface area (Å²) < 4.78 is 0. The van der Waals surface area contributed by atoms with Gasteiger partial charge in [0.2, 0.25) is 0 Å². The van der Waals surface area contributed by atoms with Crippen LogP contribution in [0.25, 0.3) is 54.2 Å². The van der Waals surface area contributed by atoms with E-state index in [4.69, 9.17) is 0 Å². The zero-order chi connectivity index (χ0) is 47.5. The number of fused-ring (bicyclic) bond motifs is 5. The highest BCUT2D eigenvalue weighted by atomic mass is 32.3. The molecule has 12 aromatic carbocycles. The monoisotopic (exact) mass is 929 g/mol. The van der Waals surface area contributed by atoms with Gasteiger partial charge in [0.25, 0.3) is 0 Å². The third kappa shape index (κ3) is 7.13. The van der Waals surface area contributed by atoms with Crippen molar-refractivity contribution in [3.05, 3.63) is 261 Å². The molecule has 1 unspecified atom stereocenters. The van der Waals surface area contributed by atoms with E-state index in [-0.39, 0.29) is 0 Å². The van der Waals surface area contributed by atoms with Crippen molar-refractivity contribution < 1.29 is 0 Å². The topological polar surface area (TPSA) is 9.72 Å². The molecule has 340 valence electrons. The Morgan fingerprint density at radius 2 is 0.676 bits per heavy atom. The SMILES string of the molecule is CCS1(C)c2ccc(N(c3ccccc3)c3cccc4ccccc34)cc2-c2cc(N(c3ccccc3)c3cccc4ccccc34)cc3cc(N(c4ccccc4)c4cccc5ccccc45)cc1c23. The van der Waals surface area contributed by atoms with Crippen LogP contribution in [0.1, 0.15) is 6.92 Å². The molecule has 71 heavy (non-hydrogen) atoms. The molecule has 0 bridgehead atoms. The van der Waals surface area contributed by atoms with Gasteiger partial charge in [-0.3, -0.25) is 0 Å². The summed E-state index contributed by atoms with van der Waals surface area (Å²) in [6.45, 7) is 2.40. The van der Waals surface area contributed by atoms with E-state index in [9.17, 15) is 0 Å². The van der Waals surface area contributed by atoms with Crippen molar-refractivity contribution in [1.82, 2.24) is 0 Å². The molecule has 0 saturated carbocycles. The van der Waals surface area contributed by atoms with Crippen LogP contribution < -0.4 is 14.7 Å². The predicted molar refractivity (Wildman–Crippen MR) is 307 cm³/mol. The quantitative estimate of drug-likeness (QED) is 0.135. The second kappa shape index (κ2) is 17.4. The Morgan fingerprint density at radius 3 is 1.13 bits per heavy atom. The Balaban J connectivity index is 1.13. The summed E-state index contributed by atoms with van der Waals surface area (Å²) in [5, 5.41) is 9.81. The van der Waals surface area contributed by atoms with E-state index in [1.54, 1.807) is 0 Å². The summed E-state index contributed by atoms with van der Waals surface area (Å²) in [5.41, 5.74) is 12.7. The lowest BCUT2D eigenvalue weighted by atomic mass is 9.94. The number of hydrogen-bond donors (Lipinski definition) is 0. The molecule has 0 saturated heterocycles. The molecule has 0 amide bonds. The number of rotatable bonds is 10. The van der Waals surface area contributed by atoms with Crippen LogP contribution in [-0.2, 0) is 0 Å². The van der Waals surface area contributed by atoms with Crippen molar-refractivity contribution >= 4 is 104 Å². The molecule has 0 aromatic heterocycles. The summed E-state index contributed by atoms with van der Waals surface area (Å²) in [5.74, 6) is 0.997. The van der Waals surface area contributed by atoms with Gasteiger partial charge in [0.1, 0.15) is 0 Å². The number of para-hydroxylation sites is 3. The van der Waals surface area contributed by atoms with Gasteiger partial charge in [0, 0.05) is 65.5 Å². The Kier molecular flexibility index (Phi) is 10.4. The van der Waals surface area contributed by atoms with Gasteiger partial charge in [0.15, 0.2) is 0 Å². The van der Waals surface area contributed by atoms with Crippen LogP contribution in [-0.4, -0.2) is 12.0 Å². The van der Waals surface area contributed by atoms with Crippen molar-refractivity contribution in [1.29, 1.82) is 0 Å². The lowest BCUT2D eigenvalue weighted by molar-refractivity contribution is 1.24. The Bertz CT molecular complexity index is 3950. The van der Waals surface area contributed by atoms with Crippen LogP contribution >= 0.6 is 10.0 Å². The van der Waals surface area contributed by atoms with Gasteiger partial charge >= 0.3 is 0 Å². The van der Waals surface area contributed by atoms with E-state index in [1.807, 2.05) is 0 Å². The summed E-state index contributed by atoms with van der Waals surface area (Å²) in [4.78, 5) is 10.2. The highest BCUT2D eigenvalue weighted by Gasteiger charge is 2.35. The fraction of sp³-hybridized carbons (Fsp3) is 0.0448. The van der Waals surface area contributed by atoms with E-state index >= 15 is 0 Å². The molecule has 0 radical (unpaired) electrons. The average Bonchev–Trinajstić information content (AvgIpc) is 3.44. The summed E-state index contributed by atoms with van der Waals surface area (Å²) in [7, 11) is -1.60. The number of benzene rings is 12. The zero-order valence-electron chi connectivity index (χ0n) is 39.8. The number of anilines is 9. The van der Waals surface area contributed by atoms with E-state index < -0.39 is 10.0 Å². The van der Waals surface area contributed by atoms with Crippen LogP contribution in [0.15, 0.2) is 271 Å². The molecule has 13 rings (SSSR count). The first kappa shape index (κ1) is 42.5. The molecule has 0 N–H and O–H groups in total. The molecule has 0 fully saturated rings. The Labute approximate surface area is 417 Å². The number of hydrogen-bond acceptors (Lipinski definition) is 3. The van der Waals surface area contributed by atoms with Crippen molar-refractivity contribution in [3.8, 4) is 11.1 Å². The average molecular weight is 930 g/mol. The first-order chi connectivity index (χ1) is 35.1. The van der Waals surface area contributed by atoms with Crippen LogP contribution in [0, 0.1) is 0 Å². The second-order valence-corrected chi connectivity index (χ2v) is 22.2. The van der Waals surface area contributed by atoms with E-state index in [0.29, 0.717) is 0 Å². The molecular formula is C67H51N3S. The van der Waals surface area contributed by atoms with Crippen LogP contribution in [0.3, 0.4) is 0 Å². The van der Waals surface area contributed by atoms with Gasteiger partial charge in [-0.15, -0.1) is 0 Å². The zero-order valence-corrected chi connectivity index (χ0v) is 40.6. The standard InChI is InChI=1S/C67H51N3S/c1-3-71(2)65-41-40-54(68(51-28-7-4-8-29-51)62-37-19-25-47-22-13-16-34-57(47)62)44-60(65)61-45-55(69(52-30-9-5-10-31-52)63-38-20-26-48-23-14-17-35-58(48)63)42-50-43-56(46-66(71)67(50)61)70(53-32-11-6-12-33-53)64-39-21-27-49-24-15-18-36-59(49)64/h4-46H,3H2,1-2H3. The molecule has 12 aromatic rings. The smallest absolute Gasteiger partial charge is 0.0540 e. The molecule has 3 nitrogen and oxygen atoms in total. The van der Waals surface area contributed by atoms with Gasteiger partial charge in [-0.2, -0.15) is 10.0 Å². The largest absolute Gasteiger partial charge is 0.310 e. The normalized spacial score (nSPS) is 14.8. The van der Waals surface area contributed by atoms with Crippen molar-refractivity contribution in [2.75, 3.05) is 26.7 Å². The fourth-order valence-corrected chi connectivity index (χ4v) is 14.1. The first-order valence-corrected chi connectivity index (χ1v) is 26.8. The lowest BCUT2D eigenvalue weighted by Gasteiger charge is -2.44. The molecule has 0 aliphatic carbocycles. The van der Waals surface area contributed by atoms with Gasteiger partial charge in [-0.1, -0.05) is 171 Å². The first-order valence-electron chi connectivity index (χ1n) is 24.6. The molecule has 1 aliphatic rings. The third-order valence-corrected chi connectivity index (χ3v) is 18.4. The third-order valence-electron chi connectivity index (χ3n) is 14.6. The van der Waals surface area contributed by atoms with Gasteiger partial charge in [0.05, 0.1) is 17.1 Å². The van der Waals surface area contributed by atoms with Crippen LogP contribution in [0.4, 0.5) is 51.2 Å². The van der Waals surface area contributed by atoms with Crippen molar-refractivity contribution in [2.45, 2.75) is 16.7 Å². The van der Waals surface area contributed by atoms with Gasteiger partial charge in [-0.25, -0.2) is 0 Å². The molecule has 0 spiro atoms. The molecule has 1 aliphatic heterocycles. The number of nitrogens with zero attached hydrogens (tertiary/aromatic N) is 3. The Morgan fingerprint density at radius 1 is 0.296 bits per heavy atom. The van der Waals surface area contributed by atoms with E-state index in [1.165, 1.54) is 64.0 Å². The molecule has 1 heterocycles. The lowest BCUT2D eigenvalue weighted by Crippen LogP contribution is -2.16. The predicted octanol–water partition coefficient (Wildman–Crippen LogP) is 19.6. The maximum atomic E-state index is 2.55. The molecular weight excluding hydrogens is 879 g/mol. The minimum absolute atomic E-state index is 0.997. The fourth-order valence-electron chi connectivity index (χ4n) is 11.2. The molecule has 1 atom stereocenters.